The fourth-order valence-corrected chi connectivity index (χ4v) is 2.74. The van der Waals surface area contributed by atoms with E-state index in [1.165, 1.54) is 12.1 Å². The van der Waals surface area contributed by atoms with Crippen LogP contribution in [0.25, 0.3) is 0 Å². The van der Waals surface area contributed by atoms with E-state index in [9.17, 15) is 9.18 Å². The van der Waals surface area contributed by atoms with Gasteiger partial charge in [0.25, 0.3) is 5.91 Å². The van der Waals surface area contributed by atoms with Crippen LogP contribution in [0.15, 0.2) is 48.5 Å². The quantitative estimate of drug-likeness (QED) is 0.825. The van der Waals surface area contributed by atoms with Gasteiger partial charge >= 0.3 is 0 Å². The third-order valence-corrected chi connectivity index (χ3v) is 3.97. The highest BCUT2D eigenvalue weighted by atomic mass is 32.1. The Hall–Kier alpha value is -2.51. The number of thiocarbonyl (C=S) groups is 1. The second kappa shape index (κ2) is 8.04. The van der Waals surface area contributed by atoms with Crippen LogP contribution in [0.3, 0.4) is 0 Å². The first-order valence-corrected chi connectivity index (χ1v) is 8.33. The van der Waals surface area contributed by atoms with Crippen LogP contribution in [-0.4, -0.2) is 42.2 Å². The molecule has 3 rings (SSSR count). The van der Waals surface area contributed by atoms with Gasteiger partial charge in [-0.2, -0.15) is 0 Å². The maximum atomic E-state index is 13.2. The summed E-state index contributed by atoms with van der Waals surface area (Å²) >= 11 is 5.21. The van der Waals surface area contributed by atoms with Gasteiger partial charge in [-0.1, -0.05) is 6.07 Å². The molecule has 1 saturated heterocycles. The number of ether oxygens (including phenoxy) is 1. The van der Waals surface area contributed by atoms with E-state index in [2.05, 4.69) is 10.6 Å². The Kier molecular flexibility index (Phi) is 5.57. The lowest BCUT2D eigenvalue weighted by Gasteiger charge is -2.26. The summed E-state index contributed by atoms with van der Waals surface area (Å²) in [4.78, 5) is 14.2. The predicted octanol–water partition coefficient (Wildman–Crippen LogP) is 3.11. The molecule has 7 heteroatoms. The van der Waals surface area contributed by atoms with Crippen molar-refractivity contribution in [3.05, 3.63) is 59.9 Å². The van der Waals surface area contributed by atoms with E-state index in [1.54, 1.807) is 41.3 Å². The van der Waals surface area contributed by atoms with Crippen LogP contribution in [0.5, 0.6) is 0 Å². The summed E-state index contributed by atoms with van der Waals surface area (Å²) in [6.45, 7) is 2.37. The normalized spacial score (nSPS) is 14.0. The number of benzene rings is 2. The fourth-order valence-electron chi connectivity index (χ4n) is 2.50. The molecule has 1 amide bonds. The summed E-state index contributed by atoms with van der Waals surface area (Å²) in [5.41, 5.74) is 1.93. The number of carbonyl (C=O) groups excluding carboxylic acids is 1. The number of anilines is 2. The Labute approximate surface area is 150 Å². The number of rotatable bonds is 3. The van der Waals surface area contributed by atoms with Gasteiger partial charge in [0, 0.05) is 30.0 Å². The number of carbonyl (C=O) groups is 1. The van der Waals surface area contributed by atoms with Crippen molar-refractivity contribution in [1.29, 1.82) is 0 Å². The van der Waals surface area contributed by atoms with E-state index < -0.39 is 0 Å². The zero-order valence-corrected chi connectivity index (χ0v) is 14.3. The van der Waals surface area contributed by atoms with E-state index in [4.69, 9.17) is 17.0 Å². The second-order valence-electron chi connectivity index (χ2n) is 5.57. The Morgan fingerprint density at radius 3 is 2.40 bits per heavy atom. The summed E-state index contributed by atoms with van der Waals surface area (Å²) in [6, 6.07) is 13.1. The maximum Gasteiger partial charge on any atom is 0.254 e. The van der Waals surface area contributed by atoms with Gasteiger partial charge in [-0.05, 0) is 54.7 Å². The van der Waals surface area contributed by atoms with Crippen molar-refractivity contribution in [2.45, 2.75) is 0 Å². The molecule has 0 unspecified atom stereocenters. The van der Waals surface area contributed by atoms with E-state index in [1.807, 2.05) is 0 Å². The molecule has 1 fully saturated rings. The zero-order chi connectivity index (χ0) is 17.6. The van der Waals surface area contributed by atoms with Gasteiger partial charge in [-0.25, -0.2) is 4.39 Å². The molecule has 0 aromatic heterocycles. The Bertz CT molecular complexity index is 761. The average molecular weight is 359 g/mol. The van der Waals surface area contributed by atoms with Crippen LogP contribution < -0.4 is 10.6 Å². The van der Waals surface area contributed by atoms with Crippen LogP contribution >= 0.6 is 12.2 Å². The summed E-state index contributed by atoms with van der Waals surface area (Å²) in [5.74, 6) is -0.339. The standard InChI is InChI=1S/C18H18FN3O2S/c19-14-2-1-3-16(12-14)21-18(25)20-15-6-4-13(5-7-15)17(23)22-8-10-24-11-9-22/h1-7,12H,8-11H2,(H2,20,21,25). The summed E-state index contributed by atoms with van der Waals surface area (Å²) < 4.78 is 18.4. The van der Waals surface area contributed by atoms with Crippen LogP contribution in [-0.2, 0) is 4.74 Å². The fraction of sp³-hybridized carbons (Fsp3) is 0.222. The number of nitrogens with zero attached hydrogens (tertiary/aromatic N) is 1. The van der Waals surface area contributed by atoms with Gasteiger partial charge < -0.3 is 20.3 Å². The first-order valence-electron chi connectivity index (χ1n) is 7.92. The SMILES string of the molecule is O=C(c1ccc(NC(=S)Nc2cccc(F)c2)cc1)N1CCOCC1. The second-order valence-corrected chi connectivity index (χ2v) is 5.98. The molecule has 0 aliphatic carbocycles. The number of hydrogen-bond acceptors (Lipinski definition) is 3. The molecule has 2 aromatic rings. The lowest BCUT2D eigenvalue weighted by molar-refractivity contribution is 0.0303. The molecule has 2 aromatic carbocycles. The van der Waals surface area contributed by atoms with Gasteiger partial charge in [0.2, 0.25) is 0 Å². The summed E-state index contributed by atoms with van der Waals surface area (Å²) in [6.07, 6.45) is 0. The molecule has 0 radical (unpaired) electrons. The lowest BCUT2D eigenvalue weighted by Crippen LogP contribution is -2.40. The predicted molar refractivity (Wildman–Crippen MR) is 99.4 cm³/mol. The first kappa shape index (κ1) is 17.3. The first-order chi connectivity index (χ1) is 12.1. The Morgan fingerprint density at radius 2 is 1.72 bits per heavy atom. The highest BCUT2D eigenvalue weighted by molar-refractivity contribution is 7.80. The molecule has 1 aliphatic heterocycles. The van der Waals surface area contributed by atoms with Gasteiger partial charge in [-0.15, -0.1) is 0 Å². The Balaban J connectivity index is 1.58. The monoisotopic (exact) mass is 359 g/mol. The minimum absolute atomic E-state index is 0.00434. The molecule has 0 spiro atoms. The van der Waals surface area contributed by atoms with E-state index >= 15 is 0 Å². The van der Waals surface area contributed by atoms with Crippen molar-refractivity contribution in [2.24, 2.45) is 0 Å². The van der Waals surface area contributed by atoms with Crippen molar-refractivity contribution < 1.29 is 13.9 Å². The molecule has 25 heavy (non-hydrogen) atoms. The highest BCUT2D eigenvalue weighted by Crippen LogP contribution is 2.14. The third-order valence-electron chi connectivity index (χ3n) is 3.77. The molecular formula is C18H18FN3O2S. The van der Waals surface area contributed by atoms with Crippen molar-refractivity contribution >= 4 is 34.6 Å². The smallest absolute Gasteiger partial charge is 0.254 e. The minimum Gasteiger partial charge on any atom is -0.378 e. The van der Waals surface area contributed by atoms with Gasteiger partial charge in [0.15, 0.2) is 5.11 Å². The number of hydrogen-bond donors (Lipinski definition) is 2. The molecule has 0 atom stereocenters. The van der Waals surface area contributed by atoms with Crippen LogP contribution in [0.2, 0.25) is 0 Å². The minimum atomic E-state index is -0.334. The van der Waals surface area contributed by atoms with E-state index in [-0.39, 0.29) is 11.7 Å². The summed E-state index contributed by atoms with van der Waals surface area (Å²) in [5, 5.41) is 6.27. The van der Waals surface area contributed by atoms with Gasteiger partial charge in [0.05, 0.1) is 13.2 Å². The summed E-state index contributed by atoms with van der Waals surface area (Å²) in [7, 11) is 0. The molecule has 5 nitrogen and oxygen atoms in total. The molecule has 0 bridgehead atoms. The van der Waals surface area contributed by atoms with Crippen LogP contribution in [0, 0.1) is 5.82 Å². The third kappa shape index (κ3) is 4.74. The van der Waals surface area contributed by atoms with Crippen molar-refractivity contribution in [3.8, 4) is 0 Å². The molecule has 1 heterocycles. The van der Waals surface area contributed by atoms with Gasteiger partial charge in [0.1, 0.15) is 5.82 Å². The van der Waals surface area contributed by atoms with Gasteiger partial charge in [-0.3, -0.25) is 4.79 Å². The number of morpholine rings is 1. The molecule has 130 valence electrons. The van der Waals surface area contributed by atoms with Crippen LogP contribution in [0.1, 0.15) is 10.4 Å². The number of halogens is 1. The van der Waals surface area contributed by atoms with E-state index in [0.29, 0.717) is 42.7 Å². The van der Waals surface area contributed by atoms with Crippen molar-refractivity contribution in [1.82, 2.24) is 4.90 Å². The van der Waals surface area contributed by atoms with E-state index in [0.717, 1.165) is 5.69 Å². The average Bonchev–Trinajstić information content (AvgIpc) is 2.62. The number of nitrogens with one attached hydrogen (secondary N) is 2. The maximum absolute atomic E-state index is 13.2. The number of amides is 1. The van der Waals surface area contributed by atoms with Crippen molar-refractivity contribution in [2.75, 3.05) is 36.9 Å². The largest absolute Gasteiger partial charge is 0.378 e. The Morgan fingerprint density at radius 1 is 1.04 bits per heavy atom. The molecule has 2 N–H and O–H groups in total. The topological polar surface area (TPSA) is 53.6 Å². The van der Waals surface area contributed by atoms with Crippen LogP contribution in [0.4, 0.5) is 15.8 Å². The lowest BCUT2D eigenvalue weighted by atomic mass is 10.1. The molecule has 0 saturated carbocycles. The molecule has 1 aliphatic rings. The van der Waals surface area contributed by atoms with Crippen molar-refractivity contribution in [3.63, 3.8) is 0 Å². The molecular weight excluding hydrogens is 341 g/mol. The zero-order valence-electron chi connectivity index (χ0n) is 13.5. The highest BCUT2D eigenvalue weighted by Gasteiger charge is 2.18.